The fourth-order valence-corrected chi connectivity index (χ4v) is 2.93. The fraction of sp³-hybridized carbons (Fsp3) is 0.250. The van der Waals surface area contributed by atoms with Crippen LogP contribution in [0, 0.1) is 0 Å². The molecule has 1 amide bonds. The first-order chi connectivity index (χ1) is 9.65. The van der Waals surface area contributed by atoms with Gasteiger partial charge in [-0.1, -0.05) is 53.4 Å². The molecule has 0 aliphatic rings. The van der Waals surface area contributed by atoms with Gasteiger partial charge in [-0.25, -0.2) is 0 Å². The zero-order chi connectivity index (χ0) is 14.4. The van der Waals surface area contributed by atoms with Crippen LogP contribution in [0.25, 0.3) is 0 Å². The number of carbonyl (C=O) groups excluding carboxylic acids is 1. The van der Waals surface area contributed by atoms with Crippen LogP contribution < -0.4 is 11.1 Å². The van der Waals surface area contributed by atoms with Crippen molar-refractivity contribution in [2.45, 2.75) is 10.4 Å². The molecule has 0 radical (unpaired) electrons. The minimum Gasteiger partial charge on any atom is -0.387 e. The van der Waals surface area contributed by atoms with E-state index in [4.69, 9.17) is 5.73 Å². The Kier molecular flexibility index (Phi) is 5.33. The highest BCUT2D eigenvalue weighted by Gasteiger charge is 2.10. The molecule has 0 fully saturated rings. The molecule has 0 aliphatic heterocycles. The lowest BCUT2D eigenvalue weighted by Gasteiger charge is -2.11. The van der Waals surface area contributed by atoms with Crippen molar-refractivity contribution in [3.8, 4) is 0 Å². The number of rotatable bonds is 6. The SMILES string of the molecule is Nc1nnc(SCC(=O)NC[C@H](O)c2ccccc2)s1. The smallest absolute Gasteiger partial charge is 0.230 e. The molecule has 1 aromatic heterocycles. The molecule has 1 aromatic carbocycles. The molecule has 106 valence electrons. The minimum atomic E-state index is -0.706. The molecule has 4 N–H and O–H groups in total. The standard InChI is InChI=1S/C12H14N4O2S2/c13-11-15-16-12(20-11)19-7-10(18)14-6-9(17)8-4-2-1-3-5-8/h1-5,9,17H,6-7H2,(H2,13,15)(H,14,18)/t9-/m0/s1. The van der Waals surface area contributed by atoms with E-state index in [1.54, 1.807) is 0 Å². The quantitative estimate of drug-likeness (QED) is 0.690. The summed E-state index contributed by atoms with van der Waals surface area (Å²) in [6, 6.07) is 9.19. The number of nitrogens with two attached hydrogens (primary N) is 1. The third kappa shape index (κ3) is 4.48. The highest BCUT2D eigenvalue weighted by atomic mass is 32.2. The molecule has 20 heavy (non-hydrogen) atoms. The van der Waals surface area contributed by atoms with Gasteiger partial charge in [0, 0.05) is 6.54 Å². The average molecular weight is 310 g/mol. The molecule has 0 bridgehead atoms. The van der Waals surface area contributed by atoms with Crippen LogP contribution in [0.5, 0.6) is 0 Å². The van der Waals surface area contributed by atoms with E-state index < -0.39 is 6.10 Å². The maximum atomic E-state index is 11.6. The molecule has 0 spiro atoms. The number of carbonyl (C=O) groups is 1. The maximum Gasteiger partial charge on any atom is 0.230 e. The number of thioether (sulfide) groups is 1. The first kappa shape index (κ1) is 14.8. The van der Waals surface area contributed by atoms with E-state index in [0.29, 0.717) is 9.47 Å². The summed E-state index contributed by atoms with van der Waals surface area (Å²) in [5, 5.41) is 20.4. The van der Waals surface area contributed by atoms with E-state index in [0.717, 1.165) is 5.56 Å². The van der Waals surface area contributed by atoms with Gasteiger partial charge in [-0.3, -0.25) is 4.79 Å². The highest BCUT2D eigenvalue weighted by molar-refractivity contribution is 8.01. The number of nitrogens with zero attached hydrogens (tertiary/aromatic N) is 2. The predicted octanol–water partition coefficient (Wildman–Crippen LogP) is 1.06. The molecular formula is C12H14N4O2S2. The third-order valence-corrected chi connectivity index (χ3v) is 4.31. The molecule has 0 aliphatic carbocycles. The second-order valence-electron chi connectivity index (χ2n) is 3.93. The molecule has 8 heteroatoms. The second-order valence-corrected chi connectivity index (χ2v) is 6.16. The van der Waals surface area contributed by atoms with Crippen molar-refractivity contribution >= 4 is 34.1 Å². The van der Waals surface area contributed by atoms with Crippen LogP contribution in [0.4, 0.5) is 5.13 Å². The molecule has 1 atom stereocenters. The van der Waals surface area contributed by atoms with Gasteiger partial charge in [0.2, 0.25) is 11.0 Å². The number of anilines is 1. The van der Waals surface area contributed by atoms with E-state index in [1.807, 2.05) is 30.3 Å². The summed E-state index contributed by atoms with van der Waals surface area (Å²) >= 11 is 2.51. The summed E-state index contributed by atoms with van der Waals surface area (Å²) in [6.45, 7) is 0.182. The number of amides is 1. The van der Waals surface area contributed by atoms with Crippen molar-refractivity contribution < 1.29 is 9.90 Å². The van der Waals surface area contributed by atoms with Gasteiger partial charge in [0.25, 0.3) is 0 Å². The highest BCUT2D eigenvalue weighted by Crippen LogP contribution is 2.23. The van der Waals surface area contributed by atoms with Crippen LogP contribution in [-0.4, -0.2) is 33.5 Å². The summed E-state index contributed by atoms with van der Waals surface area (Å²) in [7, 11) is 0. The van der Waals surface area contributed by atoms with Crippen molar-refractivity contribution in [3.05, 3.63) is 35.9 Å². The lowest BCUT2D eigenvalue weighted by molar-refractivity contribution is -0.119. The predicted molar refractivity (Wildman–Crippen MR) is 79.5 cm³/mol. The number of benzene rings is 1. The lowest BCUT2D eigenvalue weighted by Crippen LogP contribution is -2.29. The Balaban J connectivity index is 1.72. The van der Waals surface area contributed by atoms with Gasteiger partial charge < -0.3 is 16.2 Å². The van der Waals surface area contributed by atoms with Crippen LogP contribution in [0.15, 0.2) is 34.7 Å². The van der Waals surface area contributed by atoms with Crippen LogP contribution in [0.2, 0.25) is 0 Å². The number of nitrogens with one attached hydrogen (secondary N) is 1. The Bertz CT molecular complexity index is 562. The number of hydrogen-bond acceptors (Lipinski definition) is 7. The van der Waals surface area contributed by atoms with Crippen LogP contribution in [0.1, 0.15) is 11.7 Å². The van der Waals surface area contributed by atoms with Gasteiger partial charge in [-0.15, -0.1) is 10.2 Å². The van der Waals surface area contributed by atoms with Crippen LogP contribution in [0.3, 0.4) is 0 Å². The van der Waals surface area contributed by atoms with E-state index in [-0.39, 0.29) is 18.2 Å². The fourth-order valence-electron chi connectivity index (χ4n) is 1.46. The van der Waals surface area contributed by atoms with Crippen molar-refractivity contribution in [2.24, 2.45) is 0 Å². The minimum absolute atomic E-state index is 0.168. The topological polar surface area (TPSA) is 101 Å². The van der Waals surface area contributed by atoms with Crippen LogP contribution >= 0.6 is 23.1 Å². The molecule has 2 rings (SSSR count). The first-order valence-electron chi connectivity index (χ1n) is 5.86. The molecule has 0 saturated heterocycles. The summed E-state index contributed by atoms with van der Waals surface area (Å²) in [5.41, 5.74) is 6.22. The van der Waals surface area contributed by atoms with Crippen molar-refractivity contribution in [3.63, 3.8) is 0 Å². The molecule has 0 unspecified atom stereocenters. The lowest BCUT2D eigenvalue weighted by atomic mass is 10.1. The molecular weight excluding hydrogens is 296 g/mol. The van der Waals surface area contributed by atoms with Crippen molar-refractivity contribution in [1.82, 2.24) is 15.5 Å². The number of aromatic nitrogens is 2. The monoisotopic (exact) mass is 310 g/mol. The summed E-state index contributed by atoms with van der Waals surface area (Å²) in [5.74, 6) is 0.0506. The number of aliphatic hydroxyl groups excluding tert-OH is 1. The third-order valence-electron chi connectivity index (χ3n) is 2.43. The van der Waals surface area contributed by atoms with Gasteiger partial charge in [-0.05, 0) is 5.56 Å². The first-order valence-corrected chi connectivity index (χ1v) is 7.67. The normalized spacial score (nSPS) is 12.1. The van der Waals surface area contributed by atoms with Gasteiger partial charge >= 0.3 is 0 Å². The molecule has 1 heterocycles. The van der Waals surface area contributed by atoms with Crippen LogP contribution in [-0.2, 0) is 4.79 Å². The largest absolute Gasteiger partial charge is 0.387 e. The van der Waals surface area contributed by atoms with Gasteiger partial charge in [0.15, 0.2) is 4.34 Å². The van der Waals surface area contributed by atoms with Gasteiger partial charge in [0.05, 0.1) is 11.9 Å². The number of nitrogen functional groups attached to an aromatic ring is 1. The second kappa shape index (κ2) is 7.22. The summed E-state index contributed by atoms with van der Waals surface area (Å²) in [6.07, 6.45) is -0.706. The Morgan fingerprint density at radius 2 is 2.15 bits per heavy atom. The van der Waals surface area contributed by atoms with Gasteiger partial charge in [0.1, 0.15) is 0 Å². The Morgan fingerprint density at radius 1 is 1.40 bits per heavy atom. The van der Waals surface area contributed by atoms with Crippen molar-refractivity contribution in [1.29, 1.82) is 0 Å². The maximum absolute atomic E-state index is 11.6. The Hall–Kier alpha value is -1.64. The Morgan fingerprint density at radius 3 is 2.80 bits per heavy atom. The zero-order valence-corrected chi connectivity index (χ0v) is 12.2. The van der Waals surface area contributed by atoms with Crippen molar-refractivity contribution in [2.75, 3.05) is 18.0 Å². The van der Waals surface area contributed by atoms with E-state index in [9.17, 15) is 9.90 Å². The summed E-state index contributed by atoms with van der Waals surface area (Å²) < 4.78 is 0.654. The summed E-state index contributed by atoms with van der Waals surface area (Å²) in [4.78, 5) is 11.6. The van der Waals surface area contributed by atoms with E-state index in [1.165, 1.54) is 23.1 Å². The number of hydrogen-bond donors (Lipinski definition) is 3. The average Bonchev–Trinajstić information content (AvgIpc) is 2.89. The molecule has 0 saturated carbocycles. The van der Waals surface area contributed by atoms with E-state index >= 15 is 0 Å². The molecule has 6 nitrogen and oxygen atoms in total. The van der Waals surface area contributed by atoms with E-state index in [2.05, 4.69) is 15.5 Å². The molecule has 2 aromatic rings. The Labute approximate surface area is 124 Å². The zero-order valence-electron chi connectivity index (χ0n) is 10.5. The van der Waals surface area contributed by atoms with Gasteiger partial charge in [-0.2, -0.15) is 0 Å². The number of aliphatic hydroxyl groups is 1.